The van der Waals surface area contributed by atoms with Gasteiger partial charge in [0.15, 0.2) is 16.9 Å². The highest BCUT2D eigenvalue weighted by atomic mass is 16.2. The maximum atomic E-state index is 13.6. The van der Waals surface area contributed by atoms with Gasteiger partial charge < -0.3 is 9.13 Å². The molecular weight excluding hydrogens is 466 g/mol. The summed E-state index contributed by atoms with van der Waals surface area (Å²) < 4.78 is 6.24. The highest BCUT2D eigenvalue weighted by molar-refractivity contribution is 5.97. The Morgan fingerprint density at radius 1 is 0.919 bits per heavy atom. The van der Waals surface area contributed by atoms with Crippen LogP contribution in [0.3, 0.4) is 0 Å². The second-order valence-corrected chi connectivity index (χ2v) is 9.33. The number of fused-ring (bicyclic) bond motifs is 1. The van der Waals surface area contributed by atoms with Gasteiger partial charge in [-0.25, -0.2) is 9.78 Å². The van der Waals surface area contributed by atoms with E-state index >= 15 is 0 Å². The van der Waals surface area contributed by atoms with E-state index in [1.54, 1.807) is 10.9 Å². The molecule has 8 heteroatoms. The zero-order chi connectivity index (χ0) is 26.3. The average molecular weight is 496 g/mol. The van der Waals surface area contributed by atoms with Crippen molar-refractivity contribution in [3.63, 3.8) is 0 Å². The minimum Gasteiger partial charge on any atom is -0.325 e. The van der Waals surface area contributed by atoms with Gasteiger partial charge in [-0.05, 0) is 51.5 Å². The maximum Gasteiger partial charge on any atom is 0.333 e. The van der Waals surface area contributed by atoms with Gasteiger partial charge in [0.05, 0.1) is 19.4 Å². The first-order chi connectivity index (χ1) is 17.8. The first-order valence-corrected chi connectivity index (χ1v) is 12.3. The second kappa shape index (κ2) is 9.54. The molecule has 2 aromatic carbocycles. The van der Waals surface area contributed by atoms with Crippen molar-refractivity contribution in [3.8, 4) is 5.69 Å². The van der Waals surface area contributed by atoms with Gasteiger partial charge in [-0.1, -0.05) is 48.0 Å². The lowest BCUT2D eigenvalue weighted by Crippen LogP contribution is -2.42. The highest BCUT2D eigenvalue weighted by Gasteiger charge is 2.22. The number of Topliss-reactive ketones (excluding diaryl/α,β-unsaturated/α-hetero) is 1. The lowest BCUT2D eigenvalue weighted by Gasteiger charge is -2.13. The topological polar surface area (TPSA) is 83.8 Å². The van der Waals surface area contributed by atoms with E-state index in [1.165, 1.54) is 4.57 Å². The fourth-order valence-corrected chi connectivity index (χ4v) is 4.89. The van der Waals surface area contributed by atoms with Crippen LogP contribution in [-0.4, -0.2) is 29.0 Å². The zero-order valence-electron chi connectivity index (χ0n) is 21.4. The van der Waals surface area contributed by atoms with Crippen molar-refractivity contribution in [1.29, 1.82) is 0 Å². The SMILES string of the molecule is CCn1cnc2c1c(=O)n(CC(=O)c1cc(C)n(-c3ccc(C)cc3)c1C)c(=O)n2Cc1ccccc1. The second-order valence-electron chi connectivity index (χ2n) is 9.33. The third-order valence-corrected chi connectivity index (χ3v) is 6.83. The summed E-state index contributed by atoms with van der Waals surface area (Å²) >= 11 is 0. The van der Waals surface area contributed by atoms with Gasteiger partial charge in [0, 0.05) is 29.2 Å². The number of aromatic nitrogens is 5. The zero-order valence-corrected chi connectivity index (χ0v) is 21.4. The molecule has 3 aromatic heterocycles. The van der Waals surface area contributed by atoms with E-state index < -0.39 is 11.2 Å². The summed E-state index contributed by atoms with van der Waals surface area (Å²) in [5, 5.41) is 0. The number of aryl methyl sites for hydroxylation is 3. The van der Waals surface area contributed by atoms with E-state index in [0.717, 1.165) is 32.8 Å². The number of carbonyl (C=O) groups excluding carboxylic acids is 1. The van der Waals surface area contributed by atoms with Crippen molar-refractivity contribution in [2.45, 2.75) is 47.3 Å². The fraction of sp³-hybridized carbons (Fsp3) is 0.241. The molecule has 3 heterocycles. The summed E-state index contributed by atoms with van der Waals surface area (Å²) in [4.78, 5) is 45.0. The predicted octanol–water partition coefficient (Wildman–Crippen LogP) is 4.03. The predicted molar refractivity (Wildman–Crippen MR) is 144 cm³/mol. The third kappa shape index (κ3) is 4.24. The molecule has 37 heavy (non-hydrogen) atoms. The van der Waals surface area contributed by atoms with E-state index in [2.05, 4.69) is 4.98 Å². The number of hydrogen-bond acceptors (Lipinski definition) is 4. The average Bonchev–Trinajstić information content (AvgIpc) is 3.46. The number of benzene rings is 2. The third-order valence-electron chi connectivity index (χ3n) is 6.83. The Kier molecular flexibility index (Phi) is 6.25. The molecule has 0 radical (unpaired) electrons. The van der Waals surface area contributed by atoms with E-state index in [0.29, 0.717) is 23.3 Å². The van der Waals surface area contributed by atoms with Crippen molar-refractivity contribution in [2.75, 3.05) is 0 Å². The normalized spacial score (nSPS) is 11.4. The number of ketones is 1. The number of imidazole rings is 1. The van der Waals surface area contributed by atoms with Crippen LogP contribution in [-0.2, 0) is 19.6 Å². The number of rotatable bonds is 7. The van der Waals surface area contributed by atoms with Crippen LogP contribution in [0.25, 0.3) is 16.9 Å². The van der Waals surface area contributed by atoms with Crippen LogP contribution in [0.2, 0.25) is 0 Å². The number of carbonyl (C=O) groups is 1. The van der Waals surface area contributed by atoms with Crippen molar-refractivity contribution in [3.05, 3.63) is 116 Å². The van der Waals surface area contributed by atoms with E-state index in [1.807, 2.05) is 92.9 Å². The molecule has 188 valence electrons. The molecule has 0 atom stereocenters. The smallest absolute Gasteiger partial charge is 0.325 e. The molecule has 0 bridgehead atoms. The Morgan fingerprint density at radius 3 is 2.30 bits per heavy atom. The van der Waals surface area contributed by atoms with Crippen molar-refractivity contribution in [1.82, 2.24) is 23.3 Å². The first-order valence-electron chi connectivity index (χ1n) is 12.3. The largest absolute Gasteiger partial charge is 0.333 e. The van der Waals surface area contributed by atoms with Crippen LogP contribution < -0.4 is 11.2 Å². The molecule has 0 aliphatic carbocycles. The Morgan fingerprint density at radius 2 is 1.62 bits per heavy atom. The van der Waals surface area contributed by atoms with Gasteiger partial charge >= 0.3 is 5.69 Å². The van der Waals surface area contributed by atoms with Gasteiger partial charge in [0.25, 0.3) is 5.56 Å². The van der Waals surface area contributed by atoms with Crippen LogP contribution in [0.1, 0.15) is 39.8 Å². The van der Waals surface area contributed by atoms with Gasteiger partial charge in [-0.15, -0.1) is 0 Å². The molecule has 0 unspecified atom stereocenters. The van der Waals surface area contributed by atoms with Gasteiger partial charge in [-0.2, -0.15) is 0 Å². The standard InChI is InChI=1S/C29H29N5O3/c1-5-31-18-30-27-26(31)28(36)33(29(37)32(27)16-22-9-7-6-8-10-22)17-25(35)24-15-20(3)34(21(24)4)23-13-11-19(2)12-14-23/h6-15,18H,5,16-17H2,1-4H3. The maximum absolute atomic E-state index is 13.6. The van der Waals surface area contributed by atoms with Crippen molar-refractivity contribution >= 4 is 16.9 Å². The molecule has 5 aromatic rings. The Balaban J connectivity index is 1.60. The highest BCUT2D eigenvalue weighted by Crippen LogP contribution is 2.22. The quantitative estimate of drug-likeness (QED) is 0.319. The van der Waals surface area contributed by atoms with Crippen LogP contribution in [0.15, 0.2) is 76.6 Å². The molecule has 0 amide bonds. The summed E-state index contributed by atoms with van der Waals surface area (Å²) in [5.41, 5.74) is 4.73. The van der Waals surface area contributed by atoms with E-state index in [-0.39, 0.29) is 18.9 Å². The summed E-state index contributed by atoms with van der Waals surface area (Å²) in [6, 6.07) is 19.4. The first kappa shape index (κ1) is 24.2. The molecule has 5 rings (SSSR count). The lowest BCUT2D eigenvalue weighted by molar-refractivity contribution is 0.0968. The molecule has 0 fully saturated rings. The van der Waals surface area contributed by atoms with Gasteiger partial charge in [0.2, 0.25) is 0 Å². The molecule has 0 aliphatic rings. The van der Waals surface area contributed by atoms with Crippen LogP contribution in [0, 0.1) is 20.8 Å². The molecule has 8 nitrogen and oxygen atoms in total. The fourth-order valence-electron chi connectivity index (χ4n) is 4.89. The molecule has 0 aliphatic heterocycles. The monoisotopic (exact) mass is 495 g/mol. The molecule has 0 spiro atoms. The van der Waals surface area contributed by atoms with Crippen LogP contribution in [0.5, 0.6) is 0 Å². The molecular formula is C29H29N5O3. The van der Waals surface area contributed by atoms with E-state index in [9.17, 15) is 14.4 Å². The molecule has 0 N–H and O–H groups in total. The number of nitrogens with zero attached hydrogens (tertiary/aromatic N) is 5. The minimum atomic E-state index is -0.552. The Bertz CT molecular complexity index is 1740. The van der Waals surface area contributed by atoms with E-state index in [4.69, 9.17) is 0 Å². The molecule has 0 saturated carbocycles. The van der Waals surface area contributed by atoms with Crippen molar-refractivity contribution in [2.24, 2.45) is 0 Å². The van der Waals surface area contributed by atoms with Crippen molar-refractivity contribution < 1.29 is 4.79 Å². The van der Waals surface area contributed by atoms with Crippen LogP contribution in [0.4, 0.5) is 0 Å². The minimum absolute atomic E-state index is 0.243. The van der Waals surface area contributed by atoms with Gasteiger partial charge in [0.1, 0.15) is 0 Å². The van der Waals surface area contributed by atoms with Crippen LogP contribution >= 0.6 is 0 Å². The summed E-state index contributed by atoms with van der Waals surface area (Å²) in [6.07, 6.45) is 1.56. The number of hydrogen-bond donors (Lipinski definition) is 0. The Labute approximate surface area is 214 Å². The molecule has 0 saturated heterocycles. The summed E-state index contributed by atoms with van der Waals surface area (Å²) in [7, 11) is 0. The summed E-state index contributed by atoms with van der Waals surface area (Å²) in [6.45, 7) is 8.16. The summed E-state index contributed by atoms with van der Waals surface area (Å²) in [5.74, 6) is -0.293. The lowest BCUT2D eigenvalue weighted by atomic mass is 10.1. The van der Waals surface area contributed by atoms with Gasteiger partial charge in [-0.3, -0.25) is 18.7 Å². The Hall–Kier alpha value is -4.46.